The molecular weight excluding hydrogens is 602 g/mol. The smallest absolute Gasteiger partial charge is 0.264 e. The molecule has 0 bridgehead atoms. The first-order valence-electron chi connectivity index (χ1n) is 12.7. The van der Waals surface area contributed by atoms with Gasteiger partial charge in [0.1, 0.15) is 12.6 Å². The second-order valence-corrected chi connectivity index (χ2v) is 12.5. The normalized spacial score (nSPS) is 12.0. The molecule has 2 amide bonds. The minimum atomic E-state index is -4.10. The third-order valence-corrected chi connectivity index (χ3v) is 8.83. The number of anilines is 1. The number of carbonyl (C=O) groups excluding carboxylic acids is 2. The zero-order valence-corrected chi connectivity index (χ0v) is 25.4. The van der Waals surface area contributed by atoms with Crippen molar-refractivity contribution in [1.29, 1.82) is 0 Å². The first-order valence-corrected chi connectivity index (χ1v) is 15.3. The van der Waals surface area contributed by atoms with Crippen LogP contribution >= 0.6 is 27.5 Å². The van der Waals surface area contributed by atoms with Gasteiger partial charge in [-0.05, 0) is 74.4 Å². The van der Waals surface area contributed by atoms with Crippen molar-refractivity contribution < 1.29 is 18.0 Å². The summed E-state index contributed by atoms with van der Waals surface area (Å²) in [4.78, 5) is 28.3. The topological polar surface area (TPSA) is 86.8 Å². The van der Waals surface area contributed by atoms with Gasteiger partial charge in [0, 0.05) is 22.6 Å². The lowest BCUT2D eigenvalue weighted by Gasteiger charge is -2.32. The standard InChI is InChI=1S/C29H33BrClN3O4S/c1-4-5-18-32-29(36)22(3)33(19-23-8-12-25(31)13-9-23)28(35)20-34(26-14-10-24(30)11-15-26)39(37,38)27-16-6-21(2)7-17-27/h6-17,22H,4-5,18-20H2,1-3H3,(H,32,36). The molecule has 3 aromatic rings. The molecule has 0 saturated heterocycles. The van der Waals surface area contributed by atoms with Crippen LogP contribution in [-0.2, 0) is 26.2 Å². The predicted octanol–water partition coefficient (Wildman–Crippen LogP) is 5.94. The zero-order valence-electron chi connectivity index (χ0n) is 22.2. The fraction of sp³-hybridized carbons (Fsp3) is 0.310. The number of nitrogens with zero attached hydrogens (tertiary/aromatic N) is 2. The van der Waals surface area contributed by atoms with E-state index in [0.29, 0.717) is 17.3 Å². The molecule has 1 N–H and O–H groups in total. The molecule has 208 valence electrons. The average molecular weight is 635 g/mol. The van der Waals surface area contributed by atoms with Crippen molar-refractivity contribution in [2.75, 3.05) is 17.4 Å². The van der Waals surface area contributed by atoms with E-state index in [0.717, 1.165) is 32.7 Å². The number of hydrogen-bond donors (Lipinski definition) is 1. The molecule has 0 aliphatic heterocycles. The number of sulfonamides is 1. The highest BCUT2D eigenvalue weighted by atomic mass is 79.9. The van der Waals surface area contributed by atoms with E-state index in [4.69, 9.17) is 11.6 Å². The van der Waals surface area contributed by atoms with Crippen molar-refractivity contribution in [2.45, 2.75) is 51.1 Å². The summed E-state index contributed by atoms with van der Waals surface area (Å²) < 4.78 is 29.5. The highest BCUT2D eigenvalue weighted by molar-refractivity contribution is 9.10. The van der Waals surface area contributed by atoms with Crippen LogP contribution < -0.4 is 9.62 Å². The molecule has 0 radical (unpaired) electrons. The molecule has 0 heterocycles. The van der Waals surface area contributed by atoms with E-state index in [-0.39, 0.29) is 17.3 Å². The Morgan fingerprint density at radius 1 is 0.974 bits per heavy atom. The van der Waals surface area contributed by atoms with Crippen LogP contribution in [0.25, 0.3) is 0 Å². The van der Waals surface area contributed by atoms with Crippen LogP contribution in [0.3, 0.4) is 0 Å². The number of hydrogen-bond acceptors (Lipinski definition) is 4. The summed E-state index contributed by atoms with van der Waals surface area (Å²) in [5, 5.41) is 3.42. The third-order valence-electron chi connectivity index (χ3n) is 6.27. The van der Waals surface area contributed by atoms with Gasteiger partial charge in [0.25, 0.3) is 10.0 Å². The van der Waals surface area contributed by atoms with Crippen molar-refractivity contribution in [3.63, 3.8) is 0 Å². The Balaban J connectivity index is 1.98. The maximum absolute atomic E-state index is 13.9. The number of unbranched alkanes of at least 4 members (excludes halogenated alkanes) is 1. The van der Waals surface area contributed by atoms with Crippen LogP contribution in [0.2, 0.25) is 5.02 Å². The number of rotatable bonds is 12. The van der Waals surface area contributed by atoms with Crippen molar-refractivity contribution in [1.82, 2.24) is 10.2 Å². The van der Waals surface area contributed by atoms with Gasteiger partial charge in [0.05, 0.1) is 10.6 Å². The molecule has 1 atom stereocenters. The maximum atomic E-state index is 13.9. The molecular formula is C29H33BrClN3O4S. The molecule has 0 aliphatic carbocycles. The molecule has 3 rings (SSSR count). The Morgan fingerprint density at radius 3 is 2.18 bits per heavy atom. The van der Waals surface area contributed by atoms with Crippen LogP contribution in [0.4, 0.5) is 5.69 Å². The lowest BCUT2D eigenvalue weighted by Crippen LogP contribution is -2.51. The van der Waals surface area contributed by atoms with Crippen molar-refractivity contribution in [3.05, 3.63) is 93.4 Å². The average Bonchev–Trinajstić information content (AvgIpc) is 2.91. The van der Waals surface area contributed by atoms with Crippen LogP contribution in [0.15, 0.2) is 82.2 Å². The van der Waals surface area contributed by atoms with Crippen molar-refractivity contribution in [2.24, 2.45) is 0 Å². The van der Waals surface area contributed by atoms with Crippen LogP contribution in [0.1, 0.15) is 37.8 Å². The molecule has 0 aliphatic rings. The number of aryl methyl sites for hydroxylation is 1. The van der Waals surface area contributed by atoms with Gasteiger partial charge in [-0.25, -0.2) is 8.42 Å². The van der Waals surface area contributed by atoms with Crippen molar-refractivity contribution in [3.8, 4) is 0 Å². The molecule has 0 spiro atoms. The Bertz CT molecular complexity index is 1370. The van der Waals surface area contributed by atoms with Crippen LogP contribution in [-0.4, -0.2) is 44.3 Å². The summed E-state index contributed by atoms with van der Waals surface area (Å²) in [6.07, 6.45) is 1.73. The summed E-state index contributed by atoms with van der Waals surface area (Å²) in [7, 11) is -4.10. The summed E-state index contributed by atoms with van der Waals surface area (Å²) in [6, 6.07) is 19.3. The number of nitrogens with one attached hydrogen (secondary N) is 1. The Labute approximate surface area is 244 Å². The van der Waals surface area contributed by atoms with Gasteiger partial charge in [-0.15, -0.1) is 0 Å². The largest absolute Gasteiger partial charge is 0.354 e. The van der Waals surface area contributed by atoms with Gasteiger partial charge >= 0.3 is 0 Å². The molecule has 0 saturated carbocycles. The predicted molar refractivity (Wildman–Crippen MR) is 159 cm³/mol. The van der Waals surface area contributed by atoms with Crippen LogP contribution in [0.5, 0.6) is 0 Å². The Hall–Kier alpha value is -2.88. The second-order valence-electron chi connectivity index (χ2n) is 9.27. The number of amides is 2. The fourth-order valence-electron chi connectivity index (χ4n) is 3.88. The molecule has 39 heavy (non-hydrogen) atoms. The summed E-state index contributed by atoms with van der Waals surface area (Å²) in [5.74, 6) is -0.816. The van der Waals surface area contributed by atoms with Gasteiger partial charge in [-0.1, -0.05) is 70.7 Å². The second kappa shape index (κ2) is 14.0. The summed E-state index contributed by atoms with van der Waals surface area (Å²) in [6.45, 7) is 5.66. The Kier molecular flexibility index (Phi) is 11.0. The Morgan fingerprint density at radius 2 is 1.59 bits per heavy atom. The quantitative estimate of drug-likeness (QED) is 0.250. The third kappa shape index (κ3) is 8.30. The van der Waals surface area contributed by atoms with E-state index in [9.17, 15) is 18.0 Å². The van der Waals surface area contributed by atoms with Gasteiger partial charge in [0.2, 0.25) is 11.8 Å². The van der Waals surface area contributed by atoms with E-state index >= 15 is 0 Å². The zero-order chi connectivity index (χ0) is 28.6. The van der Waals surface area contributed by atoms with E-state index in [1.165, 1.54) is 17.0 Å². The first-order chi connectivity index (χ1) is 18.5. The van der Waals surface area contributed by atoms with Gasteiger partial charge in [-0.3, -0.25) is 13.9 Å². The number of carbonyl (C=O) groups is 2. The lowest BCUT2D eigenvalue weighted by molar-refractivity contribution is -0.139. The summed E-state index contributed by atoms with van der Waals surface area (Å²) >= 11 is 9.42. The molecule has 0 fully saturated rings. The molecule has 3 aromatic carbocycles. The SMILES string of the molecule is CCCCNC(=O)C(C)N(Cc1ccc(Cl)cc1)C(=O)CN(c1ccc(Br)cc1)S(=O)(=O)c1ccc(C)cc1. The first kappa shape index (κ1) is 30.7. The van der Waals surface area contributed by atoms with Gasteiger partial charge < -0.3 is 10.2 Å². The van der Waals surface area contributed by atoms with Crippen LogP contribution in [0, 0.1) is 6.92 Å². The maximum Gasteiger partial charge on any atom is 0.264 e. The van der Waals surface area contributed by atoms with Crippen molar-refractivity contribution >= 4 is 55.1 Å². The van der Waals surface area contributed by atoms with E-state index in [2.05, 4.69) is 21.2 Å². The molecule has 1 unspecified atom stereocenters. The monoisotopic (exact) mass is 633 g/mol. The lowest BCUT2D eigenvalue weighted by atomic mass is 10.1. The number of halogens is 2. The van der Waals surface area contributed by atoms with E-state index in [1.54, 1.807) is 67.6 Å². The highest BCUT2D eigenvalue weighted by Crippen LogP contribution is 2.26. The molecule has 0 aromatic heterocycles. The van der Waals surface area contributed by atoms with Gasteiger partial charge in [0.15, 0.2) is 0 Å². The van der Waals surface area contributed by atoms with E-state index in [1.807, 2.05) is 13.8 Å². The minimum absolute atomic E-state index is 0.0680. The fourth-order valence-corrected chi connectivity index (χ4v) is 5.68. The minimum Gasteiger partial charge on any atom is -0.354 e. The summed E-state index contributed by atoms with van der Waals surface area (Å²) in [5.41, 5.74) is 2.01. The molecule has 7 nitrogen and oxygen atoms in total. The number of benzene rings is 3. The van der Waals surface area contributed by atoms with Gasteiger partial charge in [-0.2, -0.15) is 0 Å². The molecule has 10 heteroatoms. The van der Waals surface area contributed by atoms with E-state index < -0.39 is 28.5 Å². The highest BCUT2D eigenvalue weighted by Gasteiger charge is 2.32.